The normalized spacial score (nSPS) is 8.57. The molecule has 0 aromatic heterocycles. The Morgan fingerprint density at radius 3 is 1.71 bits per heavy atom. The molecule has 0 saturated heterocycles. The molecule has 2 nitrogen and oxygen atoms in total. The molecular weight excluding hydrogens is 223 g/mol. The predicted molar refractivity (Wildman–Crippen MR) is 58.0 cm³/mol. The molecule has 0 amide bonds. The smallest absolute Gasteiger partial charge is 0.252 e. The monoisotopic (exact) mass is 232 g/mol. The maximum absolute atomic E-state index is 10.5. The first kappa shape index (κ1) is 13.1. The fourth-order valence-electron chi connectivity index (χ4n) is 0.581. The van der Waals surface area contributed by atoms with Gasteiger partial charge in [-0.25, -0.2) is 0 Å². The van der Waals surface area contributed by atoms with E-state index in [4.69, 9.17) is 23.2 Å². The second-order valence-corrected chi connectivity index (χ2v) is 3.47. The highest BCUT2D eigenvalue weighted by Gasteiger charge is 1.98. The van der Waals surface area contributed by atoms with Gasteiger partial charge in [0, 0.05) is 10.6 Å². The van der Waals surface area contributed by atoms with E-state index in [0.717, 1.165) is 0 Å². The topological polar surface area (TPSA) is 34.1 Å². The molecule has 1 aromatic carbocycles. The number of carbonyl (C=O) groups excluding carboxylic acids is 2. The Bertz CT molecular complexity index is 313. The lowest BCUT2D eigenvalue weighted by Crippen LogP contribution is -1.85. The average Bonchev–Trinajstić information content (AvgIpc) is 2.03. The maximum atomic E-state index is 10.5. The van der Waals surface area contributed by atoms with Gasteiger partial charge in [0.05, 0.1) is 0 Å². The van der Waals surface area contributed by atoms with Crippen LogP contribution in [0.2, 0.25) is 5.02 Å². The highest BCUT2D eigenvalue weighted by molar-refractivity contribution is 6.67. The van der Waals surface area contributed by atoms with E-state index in [9.17, 15) is 9.59 Å². The molecule has 0 N–H and O–H groups in total. The minimum absolute atomic E-state index is 0.167. The zero-order valence-corrected chi connectivity index (χ0v) is 9.39. The maximum Gasteiger partial charge on any atom is 0.252 e. The summed E-state index contributed by atoms with van der Waals surface area (Å²) in [5.41, 5.74) is 0.464. The van der Waals surface area contributed by atoms with Crippen molar-refractivity contribution >= 4 is 34.2 Å². The number of hydrogen-bond acceptors (Lipinski definition) is 2. The molecule has 0 radical (unpaired) electrons. The van der Waals surface area contributed by atoms with Gasteiger partial charge in [-0.3, -0.25) is 4.79 Å². The summed E-state index contributed by atoms with van der Waals surface area (Å²) in [5, 5.41) is 0.137. The van der Waals surface area contributed by atoms with Gasteiger partial charge in [0.25, 0.3) is 5.24 Å². The van der Waals surface area contributed by atoms with Crippen molar-refractivity contribution in [2.45, 2.75) is 13.8 Å². The summed E-state index contributed by atoms with van der Waals surface area (Å²) in [7, 11) is 0. The van der Waals surface area contributed by atoms with Crippen LogP contribution in [-0.2, 0) is 4.79 Å². The fourth-order valence-corrected chi connectivity index (χ4v) is 0.833. The summed E-state index contributed by atoms with van der Waals surface area (Å²) in [5.74, 6) is 0.167. The first-order chi connectivity index (χ1) is 6.43. The number of benzene rings is 1. The molecule has 0 saturated carbocycles. The summed E-state index contributed by atoms with van der Waals surface area (Å²) in [6, 6.07) is 6.41. The molecule has 0 heterocycles. The Morgan fingerprint density at radius 1 is 1.07 bits per heavy atom. The van der Waals surface area contributed by atoms with Crippen molar-refractivity contribution in [2.24, 2.45) is 0 Å². The molecule has 76 valence electrons. The van der Waals surface area contributed by atoms with Crippen LogP contribution in [0.25, 0.3) is 0 Å². The number of hydrogen-bond donors (Lipinski definition) is 0. The molecule has 4 heteroatoms. The molecule has 1 aromatic rings. The van der Waals surface area contributed by atoms with Gasteiger partial charge >= 0.3 is 0 Å². The zero-order chi connectivity index (χ0) is 11.1. The van der Waals surface area contributed by atoms with Crippen LogP contribution in [0.1, 0.15) is 24.2 Å². The van der Waals surface area contributed by atoms with Gasteiger partial charge < -0.3 is 4.79 Å². The van der Waals surface area contributed by atoms with Crippen LogP contribution in [0.3, 0.4) is 0 Å². The van der Waals surface area contributed by atoms with E-state index < -0.39 is 5.24 Å². The number of ketones is 1. The van der Waals surface area contributed by atoms with Gasteiger partial charge in [-0.2, -0.15) is 0 Å². The minimum atomic E-state index is -0.461. The Morgan fingerprint density at radius 2 is 1.43 bits per heavy atom. The molecule has 0 aliphatic rings. The molecule has 0 bridgehead atoms. The van der Waals surface area contributed by atoms with E-state index >= 15 is 0 Å². The van der Waals surface area contributed by atoms with Crippen molar-refractivity contribution in [1.82, 2.24) is 0 Å². The third-order valence-corrected chi connectivity index (χ3v) is 1.54. The number of Topliss-reactive ketones (excluding diaryl/α,β-unsaturated/α-hetero) is 1. The summed E-state index contributed by atoms with van der Waals surface area (Å²) in [6.45, 7) is 3.06. The average molecular weight is 233 g/mol. The summed E-state index contributed by atoms with van der Waals surface area (Å²) >= 11 is 10.7. The molecular formula is C10H10Cl2O2. The Balaban J connectivity index is 0.000000364. The predicted octanol–water partition coefficient (Wildman–Crippen LogP) is 3.31. The van der Waals surface area contributed by atoms with E-state index in [-0.39, 0.29) is 5.78 Å². The summed E-state index contributed by atoms with van der Waals surface area (Å²) in [6.07, 6.45) is 0. The third-order valence-electron chi connectivity index (χ3n) is 1.07. The first-order valence-electron chi connectivity index (χ1n) is 3.86. The van der Waals surface area contributed by atoms with E-state index in [0.29, 0.717) is 10.6 Å². The lowest BCUT2D eigenvalue weighted by molar-refractivity contribution is -0.114. The quantitative estimate of drug-likeness (QED) is 0.697. The van der Waals surface area contributed by atoms with Gasteiger partial charge in [-0.05, 0) is 49.7 Å². The number of halogens is 2. The van der Waals surface area contributed by atoms with E-state index in [2.05, 4.69) is 0 Å². The van der Waals surface area contributed by atoms with Crippen molar-refractivity contribution in [3.63, 3.8) is 0 Å². The van der Waals surface area contributed by atoms with Gasteiger partial charge in [0.2, 0.25) is 0 Å². The molecule has 0 unspecified atom stereocenters. The molecule has 1 rings (SSSR count). The molecule has 0 aliphatic carbocycles. The lowest BCUT2D eigenvalue weighted by atomic mass is 10.2. The second kappa shape index (κ2) is 6.57. The first-order valence-corrected chi connectivity index (χ1v) is 4.61. The Labute approximate surface area is 92.8 Å². The van der Waals surface area contributed by atoms with Crippen LogP contribution < -0.4 is 0 Å². The van der Waals surface area contributed by atoms with Crippen molar-refractivity contribution in [3.05, 3.63) is 34.9 Å². The number of carbonyl (C=O) groups is 2. The Hall–Kier alpha value is -0.860. The van der Waals surface area contributed by atoms with Crippen molar-refractivity contribution in [1.29, 1.82) is 0 Å². The van der Waals surface area contributed by atoms with Crippen LogP contribution in [0.15, 0.2) is 24.3 Å². The third kappa shape index (κ3) is 6.63. The van der Waals surface area contributed by atoms with E-state index in [1.807, 2.05) is 0 Å². The Kier molecular flexibility index (Phi) is 6.17. The largest absolute Gasteiger partial charge is 0.300 e. The minimum Gasteiger partial charge on any atom is -0.300 e. The van der Waals surface area contributed by atoms with E-state index in [1.54, 1.807) is 24.3 Å². The molecule has 14 heavy (non-hydrogen) atoms. The molecule has 0 aliphatic heterocycles. The van der Waals surface area contributed by atoms with Crippen LogP contribution >= 0.6 is 23.2 Å². The molecule has 0 fully saturated rings. The van der Waals surface area contributed by atoms with Crippen LogP contribution in [-0.4, -0.2) is 11.0 Å². The van der Waals surface area contributed by atoms with Gasteiger partial charge in [0.1, 0.15) is 5.78 Å². The molecule has 0 spiro atoms. The summed E-state index contributed by atoms with van der Waals surface area (Å²) < 4.78 is 0. The van der Waals surface area contributed by atoms with Crippen molar-refractivity contribution in [3.8, 4) is 0 Å². The van der Waals surface area contributed by atoms with Gasteiger partial charge in [-0.15, -0.1) is 0 Å². The summed E-state index contributed by atoms with van der Waals surface area (Å²) in [4.78, 5) is 19.9. The standard InChI is InChI=1S/C7H4Cl2O.C3H6O/c8-6-3-1-5(2-4-6)7(9)10;1-3(2)4/h1-4H;1-2H3. The highest BCUT2D eigenvalue weighted by Crippen LogP contribution is 2.10. The van der Waals surface area contributed by atoms with Crippen molar-refractivity contribution in [2.75, 3.05) is 0 Å². The second-order valence-electron chi connectivity index (χ2n) is 2.69. The SMILES string of the molecule is CC(C)=O.O=C(Cl)c1ccc(Cl)cc1. The fraction of sp³-hybridized carbons (Fsp3) is 0.200. The lowest BCUT2D eigenvalue weighted by Gasteiger charge is -1.91. The van der Waals surface area contributed by atoms with Gasteiger partial charge in [-0.1, -0.05) is 11.6 Å². The van der Waals surface area contributed by atoms with Crippen LogP contribution in [0.4, 0.5) is 0 Å². The highest BCUT2D eigenvalue weighted by atomic mass is 35.5. The van der Waals surface area contributed by atoms with E-state index in [1.165, 1.54) is 13.8 Å². The molecule has 0 atom stereocenters. The zero-order valence-electron chi connectivity index (χ0n) is 7.88. The van der Waals surface area contributed by atoms with Gasteiger partial charge in [0.15, 0.2) is 0 Å². The van der Waals surface area contributed by atoms with Crippen LogP contribution in [0.5, 0.6) is 0 Å². The number of rotatable bonds is 1. The van der Waals surface area contributed by atoms with Crippen LogP contribution in [0, 0.1) is 0 Å². The van der Waals surface area contributed by atoms with Crippen molar-refractivity contribution < 1.29 is 9.59 Å².